The van der Waals surface area contributed by atoms with Crippen molar-refractivity contribution < 1.29 is 0 Å². The minimum absolute atomic E-state index is 0.290. The summed E-state index contributed by atoms with van der Waals surface area (Å²) < 4.78 is 1.84. The number of rotatable bonds is 3. The summed E-state index contributed by atoms with van der Waals surface area (Å²) in [7, 11) is 2.13. The van der Waals surface area contributed by atoms with Crippen molar-refractivity contribution in [3.05, 3.63) is 42.0 Å². The Kier molecular flexibility index (Phi) is 3.36. The number of nitrogens with zero attached hydrogens (tertiary/aromatic N) is 5. The number of nitrogens with one attached hydrogen (secondary N) is 2. The summed E-state index contributed by atoms with van der Waals surface area (Å²) in [6.07, 6.45) is 2.02. The second-order valence-corrected chi connectivity index (χ2v) is 5.74. The lowest BCUT2D eigenvalue weighted by atomic mass is 10.1. The van der Waals surface area contributed by atoms with E-state index in [0.29, 0.717) is 6.54 Å². The fraction of sp³-hybridized carbons (Fsp3) is 0.400. The maximum Gasteiger partial charge on any atom is 0.129 e. The van der Waals surface area contributed by atoms with Gasteiger partial charge in [0.05, 0.1) is 23.3 Å². The second kappa shape index (κ2) is 5.51. The first-order valence-corrected chi connectivity index (χ1v) is 7.54. The standard InChI is InChI=1S/C15H19N7/c1-21-7-6-16-8-14(21)13-9-22(20-19-13)10-15-17-11-4-2-3-5-12(11)18-15/h2-5,9,14,16H,6-8,10H2,1H3,(H,17,18). The maximum absolute atomic E-state index is 4.58. The van der Waals surface area contributed by atoms with Crippen LogP contribution in [0.1, 0.15) is 17.6 Å². The third-order valence-electron chi connectivity index (χ3n) is 4.16. The Bertz CT molecular complexity index is 742. The predicted octanol–water partition coefficient (Wildman–Crippen LogP) is 0.779. The summed E-state index contributed by atoms with van der Waals surface area (Å²) >= 11 is 0. The molecule has 3 aromatic rings. The molecule has 1 saturated heterocycles. The molecule has 1 aromatic carbocycles. The molecule has 2 N–H and O–H groups in total. The molecule has 114 valence electrons. The quantitative estimate of drug-likeness (QED) is 0.747. The Morgan fingerprint density at radius 2 is 2.23 bits per heavy atom. The van der Waals surface area contributed by atoms with Crippen LogP contribution in [0.25, 0.3) is 11.0 Å². The first-order chi connectivity index (χ1) is 10.8. The molecular formula is C15H19N7. The lowest BCUT2D eigenvalue weighted by Crippen LogP contribution is -2.43. The van der Waals surface area contributed by atoms with Gasteiger partial charge in [-0.15, -0.1) is 5.10 Å². The molecule has 3 heterocycles. The van der Waals surface area contributed by atoms with Gasteiger partial charge in [-0.1, -0.05) is 17.3 Å². The molecule has 0 bridgehead atoms. The lowest BCUT2D eigenvalue weighted by Gasteiger charge is -2.31. The third kappa shape index (κ3) is 2.49. The molecule has 2 aromatic heterocycles. The molecule has 1 aliphatic rings. The Morgan fingerprint density at radius 3 is 3.09 bits per heavy atom. The molecular weight excluding hydrogens is 278 g/mol. The van der Waals surface area contributed by atoms with Gasteiger partial charge in [0.25, 0.3) is 0 Å². The highest BCUT2D eigenvalue weighted by Gasteiger charge is 2.23. The maximum atomic E-state index is 4.58. The van der Waals surface area contributed by atoms with Crippen molar-refractivity contribution in [1.29, 1.82) is 0 Å². The third-order valence-corrected chi connectivity index (χ3v) is 4.16. The summed E-state index contributed by atoms with van der Waals surface area (Å²) in [6.45, 7) is 3.58. The zero-order valence-corrected chi connectivity index (χ0v) is 12.5. The smallest absolute Gasteiger partial charge is 0.129 e. The number of para-hydroxylation sites is 2. The van der Waals surface area contributed by atoms with Crippen molar-refractivity contribution in [1.82, 2.24) is 35.2 Å². The first kappa shape index (κ1) is 13.4. The van der Waals surface area contributed by atoms with Gasteiger partial charge in [-0.05, 0) is 19.2 Å². The van der Waals surface area contributed by atoms with Crippen LogP contribution < -0.4 is 5.32 Å². The summed E-state index contributed by atoms with van der Waals surface area (Å²) in [4.78, 5) is 10.2. The Morgan fingerprint density at radius 1 is 1.32 bits per heavy atom. The molecule has 0 saturated carbocycles. The van der Waals surface area contributed by atoms with E-state index in [9.17, 15) is 0 Å². The Labute approximate surface area is 128 Å². The zero-order valence-electron chi connectivity index (χ0n) is 12.5. The molecule has 0 aliphatic carbocycles. The number of hydrogen-bond donors (Lipinski definition) is 2. The van der Waals surface area contributed by atoms with E-state index >= 15 is 0 Å². The molecule has 7 nitrogen and oxygen atoms in total. The van der Waals surface area contributed by atoms with Crippen LogP contribution >= 0.6 is 0 Å². The topological polar surface area (TPSA) is 74.7 Å². The van der Waals surface area contributed by atoms with Gasteiger partial charge in [0.2, 0.25) is 0 Å². The van der Waals surface area contributed by atoms with Crippen molar-refractivity contribution in [2.45, 2.75) is 12.6 Å². The second-order valence-electron chi connectivity index (χ2n) is 5.74. The molecule has 0 amide bonds. The first-order valence-electron chi connectivity index (χ1n) is 7.54. The average Bonchev–Trinajstić information content (AvgIpc) is 3.14. The van der Waals surface area contributed by atoms with E-state index < -0.39 is 0 Å². The van der Waals surface area contributed by atoms with E-state index in [1.54, 1.807) is 0 Å². The van der Waals surface area contributed by atoms with Crippen molar-refractivity contribution >= 4 is 11.0 Å². The molecule has 4 rings (SSSR count). The lowest BCUT2D eigenvalue weighted by molar-refractivity contribution is 0.198. The summed E-state index contributed by atoms with van der Waals surface area (Å²) in [5.41, 5.74) is 3.04. The zero-order chi connectivity index (χ0) is 14.9. The van der Waals surface area contributed by atoms with Crippen LogP contribution in [0.5, 0.6) is 0 Å². The largest absolute Gasteiger partial charge is 0.340 e. The number of hydrogen-bond acceptors (Lipinski definition) is 5. The van der Waals surface area contributed by atoms with Gasteiger partial charge in [0.1, 0.15) is 18.1 Å². The highest BCUT2D eigenvalue weighted by Crippen LogP contribution is 2.18. The van der Waals surface area contributed by atoms with E-state index in [1.165, 1.54) is 0 Å². The van der Waals surface area contributed by atoms with Crippen LogP contribution in [0.15, 0.2) is 30.5 Å². The van der Waals surface area contributed by atoms with Gasteiger partial charge in [0, 0.05) is 19.6 Å². The van der Waals surface area contributed by atoms with Gasteiger partial charge < -0.3 is 10.3 Å². The van der Waals surface area contributed by atoms with Gasteiger partial charge >= 0.3 is 0 Å². The molecule has 1 fully saturated rings. The molecule has 1 aliphatic heterocycles. The predicted molar refractivity (Wildman–Crippen MR) is 83.5 cm³/mol. The van der Waals surface area contributed by atoms with E-state index in [0.717, 1.165) is 42.2 Å². The van der Waals surface area contributed by atoms with Crippen LogP contribution in [0, 0.1) is 0 Å². The fourth-order valence-corrected chi connectivity index (χ4v) is 2.91. The number of benzene rings is 1. The van der Waals surface area contributed by atoms with Gasteiger partial charge in [-0.25, -0.2) is 9.67 Å². The van der Waals surface area contributed by atoms with Crippen molar-refractivity contribution in [2.24, 2.45) is 0 Å². The molecule has 1 atom stereocenters. The number of likely N-dealkylation sites (N-methyl/N-ethyl adjacent to an activating group) is 1. The number of aromatic amines is 1. The SMILES string of the molecule is CN1CCNCC1c1cn(Cc2nc3ccccc3[nH]2)nn1. The van der Waals surface area contributed by atoms with Crippen LogP contribution in [0.3, 0.4) is 0 Å². The van der Waals surface area contributed by atoms with Crippen LogP contribution in [0.2, 0.25) is 0 Å². The highest BCUT2D eigenvalue weighted by molar-refractivity contribution is 5.74. The number of imidazole rings is 1. The monoisotopic (exact) mass is 297 g/mol. The van der Waals surface area contributed by atoms with Crippen LogP contribution in [-0.2, 0) is 6.54 Å². The fourth-order valence-electron chi connectivity index (χ4n) is 2.91. The minimum atomic E-state index is 0.290. The van der Waals surface area contributed by atoms with E-state index in [4.69, 9.17) is 0 Å². The van der Waals surface area contributed by atoms with Crippen molar-refractivity contribution in [2.75, 3.05) is 26.7 Å². The Hall–Kier alpha value is -2.25. The number of fused-ring (bicyclic) bond motifs is 1. The molecule has 0 spiro atoms. The van der Waals surface area contributed by atoms with Crippen LogP contribution in [0.4, 0.5) is 0 Å². The van der Waals surface area contributed by atoms with Gasteiger partial charge in [0.15, 0.2) is 0 Å². The molecule has 7 heteroatoms. The highest BCUT2D eigenvalue weighted by atomic mass is 15.4. The minimum Gasteiger partial charge on any atom is -0.340 e. The van der Waals surface area contributed by atoms with Gasteiger partial charge in [-0.2, -0.15) is 0 Å². The summed E-state index contributed by atoms with van der Waals surface area (Å²) in [5, 5.41) is 12.0. The van der Waals surface area contributed by atoms with E-state index in [-0.39, 0.29) is 6.04 Å². The van der Waals surface area contributed by atoms with E-state index in [2.05, 4.69) is 37.5 Å². The van der Waals surface area contributed by atoms with E-state index in [1.807, 2.05) is 35.1 Å². The molecule has 22 heavy (non-hydrogen) atoms. The summed E-state index contributed by atoms with van der Waals surface area (Å²) in [6, 6.07) is 8.32. The van der Waals surface area contributed by atoms with Crippen molar-refractivity contribution in [3.8, 4) is 0 Å². The average molecular weight is 297 g/mol. The van der Waals surface area contributed by atoms with Gasteiger partial charge in [-0.3, -0.25) is 4.90 Å². The number of aromatic nitrogens is 5. The molecule has 1 unspecified atom stereocenters. The normalized spacial score (nSPS) is 19.8. The van der Waals surface area contributed by atoms with Crippen LogP contribution in [-0.4, -0.2) is 56.5 Å². The summed E-state index contributed by atoms with van der Waals surface area (Å²) in [5.74, 6) is 0.896. The Balaban J connectivity index is 1.53. The van der Waals surface area contributed by atoms with Crippen molar-refractivity contribution in [3.63, 3.8) is 0 Å². The molecule has 0 radical (unpaired) electrons. The number of piperazine rings is 1. The number of H-pyrrole nitrogens is 1.